The van der Waals surface area contributed by atoms with Crippen LogP contribution in [0.4, 0.5) is 51.7 Å². The molecule has 2 saturated heterocycles. The molecular formula is C62H63N17O6. The van der Waals surface area contributed by atoms with Crippen LogP contribution in [-0.2, 0) is 27.5 Å². The minimum atomic E-state index is -0.333. The second kappa shape index (κ2) is 23.4. The first-order valence-electron chi connectivity index (χ1n) is 27.5. The zero-order chi connectivity index (χ0) is 59.8. The summed E-state index contributed by atoms with van der Waals surface area (Å²) >= 11 is 0. The van der Waals surface area contributed by atoms with E-state index in [9.17, 15) is 24.9 Å². The Bertz CT molecular complexity index is 4090. The van der Waals surface area contributed by atoms with Gasteiger partial charge in [-0.05, 0) is 71.0 Å². The Hall–Kier alpha value is -10.5. The molecule has 0 spiro atoms. The molecule has 1 atom stereocenters. The van der Waals surface area contributed by atoms with Crippen LogP contribution in [0.5, 0.6) is 17.2 Å². The fraction of sp³-hybridized carbons (Fsp3) is 0.274. The number of hydrogen-bond donors (Lipinski definition) is 4. The van der Waals surface area contributed by atoms with E-state index in [0.717, 1.165) is 88.3 Å². The van der Waals surface area contributed by atoms with Crippen molar-refractivity contribution in [2.24, 2.45) is 0 Å². The number of nitrogens with one attached hydrogen (secondary N) is 4. The summed E-state index contributed by atoms with van der Waals surface area (Å²) in [6.45, 7) is 11.9. The fourth-order valence-electron chi connectivity index (χ4n) is 11.2. The number of anilines is 9. The average Bonchev–Trinajstić information content (AvgIpc) is 2.15. The minimum Gasteiger partial charge on any atom is -0.494 e. The quantitative estimate of drug-likeness (QED) is 0.0670. The fourth-order valence-corrected chi connectivity index (χ4v) is 11.2. The van der Waals surface area contributed by atoms with Gasteiger partial charge in [0.05, 0.1) is 107 Å². The summed E-state index contributed by atoms with van der Waals surface area (Å²) in [4.78, 5) is 66.2. The van der Waals surface area contributed by atoms with Crippen LogP contribution in [0.1, 0.15) is 17.5 Å². The summed E-state index contributed by atoms with van der Waals surface area (Å²) in [6.07, 6.45) is 10.3. The molecule has 0 saturated carbocycles. The number of nitrogens with zero attached hydrogens (tertiary/aromatic N) is 13. The maximum Gasteiger partial charge on any atom is 0.247 e. The van der Waals surface area contributed by atoms with E-state index < -0.39 is 0 Å². The van der Waals surface area contributed by atoms with E-state index in [1.165, 1.54) is 24.5 Å². The van der Waals surface area contributed by atoms with Gasteiger partial charge in [-0.15, -0.1) is 0 Å². The maximum atomic E-state index is 12.6. The smallest absolute Gasteiger partial charge is 0.247 e. The van der Waals surface area contributed by atoms with E-state index in [1.807, 2.05) is 65.5 Å². The van der Waals surface area contributed by atoms with Crippen LogP contribution >= 0.6 is 0 Å². The van der Waals surface area contributed by atoms with Crippen LogP contribution in [0.25, 0.3) is 44.3 Å². The summed E-state index contributed by atoms with van der Waals surface area (Å²) in [5.74, 6) is 1.74. The van der Waals surface area contributed by atoms with Crippen LogP contribution in [0.15, 0.2) is 111 Å². The number of rotatable bonds is 16. The highest BCUT2D eigenvalue weighted by molar-refractivity contribution is 6.10. The Labute approximate surface area is 490 Å². The van der Waals surface area contributed by atoms with Crippen LogP contribution in [0, 0.1) is 22.7 Å². The molecule has 4 aromatic heterocycles. The van der Waals surface area contributed by atoms with Crippen molar-refractivity contribution in [3.05, 3.63) is 122 Å². The number of carbonyl (C=O) groups is 3. The van der Waals surface area contributed by atoms with E-state index >= 15 is 0 Å². The van der Waals surface area contributed by atoms with Crippen LogP contribution in [-0.4, -0.2) is 151 Å². The molecule has 0 radical (unpaired) electrons. The normalized spacial score (nSPS) is 15.1. The number of amides is 3. The van der Waals surface area contributed by atoms with Gasteiger partial charge in [0.2, 0.25) is 29.6 Å². The minimum absolute atomic E-state index is 0.0289. The first-order valence-corrected chi connectivity index (χ1v) is 27.5. The van der Waals surface area contributed by atoms with Gasteiger partial charge in [0.25, 0.3) is 0 Å². The van der Waals surface area contributed by atoms with E-state index in [2.05, 4.69) is 109 Å². The van der Waals surface area contributed by atoms with E-state index in [1.54, 1.807) is 38.3 Å². The van der Waals surface area contributed by atoms with E-state index in [-0.39, 0.29) is 36.2 Å². The van der Waals surface area contributed by atoms with Crippen molar-refractivity contribution in [1.29, 1.82) is 10.5 Å². The van der Waals surface area contributed by atoms with Crippen molar-refractivity contribution in [2.45, 2.75) is 31.6 Å². The SMILES string of the molecule is C=CC(=O)Nc1cc(Nc2ncc(C#N)c(-c3cn4c5c(cccc35)N(C)C(=O)C4)n2)c(OC)cc1N1CCC(N(C)C)C1.C=CC(=O)Nc1cc(Nc2ncc(C#N)c(-c3cn4c5c(cccc35)OCC4)n2)c(OC)cc1N1CC(N(C)C)C1. The predicted molar refractivity (Wildman–Crippen MR) is 328 cm³/mol. The van der Waals surface area contributed by atoms with Crippen LogP contribution < -0.4 is 50.2 Å². The van der Waals surface area contributed by atoms with Gasteiger partial charge < -0.3 is 69.1 Å². The Kier molecular flexibility index (Phi) is 15.5. The molecule has 12 rings (SSSR count). The largest absolute Gasteiger partial charge is 0.494 e. The third kappa shape index (κ3) is 10.8. The molecule has 432 valence electrons. The summed E-state index contributed by atoms with van der Waals surface area (Å²) in [5.41, 5.74) is 9.80. The van der Waals surface area contributed by atoms with Crippen molar-refractivity contribution in [1.82, 2.24) is 38.9 Å². The molecule has 4 aliphatic heterocycles. The Morgan fingerprint density at radius 3 is 1.75 bits per heavy atom. The molecule has 4 N–H and O–H groups in total. The number of hydrogen-bond acceptors (Lipinski definition) is 18. The molecule has 1 unspecified atom stereocenters. The number of nitriles is 2. The van der Waals surface area contributed by atoms with Crippen molar-refractivity contribution >= 4 is 91.2 Å². The summed E-state index contributed by atoms with van der Waals surface area (Å²) in [6, 6.07) is 24.3. The molecule has 8 aromatic rings. The monoisotopic (exact) mass is 1140 g/mol. The van der Waals surface area contributed by atoms with Crippen LogP contribution in [0.2, 0.25) is 0 Å². The van der Waals surface area contributed by atoms with E-state index in [0.29, 0.717) is 82.0 Å². The van der Waals surface area contributed by atoms with Crippen molar-refractivity contribution in [2.75, 3.05) is 118 Å². The number of ether oxygens (including phenoxy) is 3. The standard InChI is InChI=1S/C32H33N9O3.C30H30N8O3/c1-6-28(42)35-23-12-24(27(44-5)13-26(23)40-11-10-20(16-40)38(2)3)36-32-34-15-19(14-33)30(37-32)22-17-41-18-29(43)39(4)25-9-7-8-21(22)31(25)41;1-5-27(39)33-22-11-23(26(40-4)12-24(22)38-15-19(16-38)36(2)3)34-30-32-14-18(13-31)28(35-30)21-17-37-9-10-41-25-8-6-7-20(21)29(25)37/h6-9,12-13,15,17,20H,1,10-11,16,18H2,2-5H3,(H,35,42)(H,34,36,37);5-8,11-12,14,17,19H,1,9-10,15-16H2,2-4H3,(H,33,39)(H,32,34,35). The lowest BCUT2D eigenvalue weighted by Crippen LogP contribution is -2.57. The highest BCUT2D eigenvalue weighted by atomic mass is 16.5. The lowest BCUT2D eigenvalue weighted by atomic mass is 10.0. The van der Waals surface area contributed by atoms with E-state index in [4.69, 9.17) is 24.2 Å². The lowest BCUT2D eigenvalue weighted by molar-refractivity contribution is -0.119. The van der Waals surface area contributed by atoms with Gasteiger partial charge in [-0.25, -0.2) is 19.9 Å². The molecule has 3 amide bonds. The molecule has 0 aliphatic carbocycles. The van der Waals surface area contributed by atoms with Gasteiger partial charge in [0.1, 0.15) is 42.5 Å². The molecule has 4 aromatic carbocycles. The topological polar surface area (TPSA) is 252 Å². The van der Waals surface area contributed by atoms with Crippen LogP contribution in [0.3, 0.4) is 0 Å². The lowest BCUT2D eigenvalue weighted by Gasteiger charge is -2.45. The number of para-hydroxylation sites is 2. The predicted octanol–water partition coefficient (Wildman–Crippen LogP) is 7.95. The van der Waals surface area contributed by atoms with Gasteiger partial charge in [0, 0.05) is 91.7 Å². The first kappa shape index (κ1) is 56.4. The van der Waals surface area contributed by atoms with Gasteiger partial charge in [-0.1, -0.05) is 37.4 Å². The van der Waals surface area contributed by atoms with Gasteiger partial charge in [0.15, 0.2) is 0 Å². The number of aromatic nitrogens is 6. The third-order valence-corrected chi connectivity index (χ3v) is 15.9. The highest BCUT2D eigenvalue weighted by Gasteiger charge is 2.33. The molecular weight excluding hydrogens is 1080 g/mol. The van der Waals surface area contributed by atoms with Crippen molar-refractivity contribution in [3.63, 3.8) is 0 Å². The third-order valence-electron chi connectivity index (χ3n) is 15.9. The molecule has 2 fully saturated rings. The number of methoxy groups -OCH3 is 2. The number of carbonyl (C=O) groups excluding carboxylic acids is 3. The summed E-state index contributed by atoms with van der Waals surface area (Å²) in [5, 5.41) is 34.0. The van der Waals surface area contributed by atoms with Crippen molar-refractivity contribution in [3.8, 4) is 51.9 Å². The second-order valence-electron chi connectivity index (χ2n) is 21.3. The highest BCUT2D eigenvalue weighted by Crippen LogP contribution is 2.44. The van der Waals surface area contributed by atoms with Gasteiger partial charge >= 0.3 is 0 Å². The Morgan fingerprint density at radius 1 is 0.694 bits per heavy atom. The van der Waals surface area contributed by atoms with Crippen molar-refractivity contribution < 1.29 is 28.6 Å². The Balaban J connectivity index is 0.000000177. The first-order chi connectivity index (χ1) is 41.1. The second-order valence-corrected chi connectivity index (χ2v) is 21.3. The molecule has 0 bridgehead atoms. The molecule has 4 aliphatic rings. The van der Waals surface area contributed by atoms with Gasteiger partial charge in [-0.2, -0.15) is 10.5 Å². The number of benzene rings is 4. The molecule has 23 nitrogen and oxygen atoms in total. The zero-order valence-corrected chi connectivity index (χ0v) is 48.2. The zero-order valence-electron chi connectivity index (χ0n) is 48.2. The average molecular weight is 1140 g/mol. The Morgan fingerprint density at radius 2 is 1.22 bits per heavy atom. The maximum absolute atomic E-state index is 12.6. The summed E-state index contributed by atoms with van der Waals surface area (Å²) in [7, 11) is 13.2. The van der Waals surface area contributed by atoms with Gasteiger partial charge in [-0.3, -0.25) is 14.4 Å². The molecule has 85 heavy (non-hydrogen) atoms. The molecule has 23 heteroatoms. The number of likely N-dealkylation sites (N-methyl/N-ethyl adjacent to an activating group) is 3. The molecule has 8 heterocycles. The summed E-state index contributed by atoms with van der Waals surface area (Å²) < 4.78 is 21.4.